The minimum absolute atomic E-state index is 0.00539. The fourth-order valence-corrected chi connectivity index (χ4v) is 5.76. The van der Waals surface area contributed by atoms with Crippen molar-refractivity contribution in [2.75, 3.05) is 13.1 Å². The van der Waals surface area contributed by atoms with Crippen LogP contribution < -0.4 is 0 Å². The van der Waals surface area contributed by atoms with E-state index in [1.165, 1.54) is 24.3 Å². The lowest BCUT2D eigenvalue weighted by Crippen LogP contribution is -2.27. The molecule has 0 N–H and O–H groups in total. The van der Waals surface area contributed by atoms with Gasteiger partial charge in [-0.2, -0.15) is 54.1 Å². The maximum atomic E-state index is 13.3. The number of fused-ring (bicyclic) bond motifs is 2. The van der Waals surface area contributed by atoms with E-state index in [1.54, 1.807) is 6.92 Å². The van der Waals surface area contributed by atoms with Crippen molar-refractivity contribution in [3.05, 3.63) is 82.2 Å². The largest absolute Gasteiger partial charge is 0.435 e. The summed E-state index contributed by atoms with van der Waals surface area (Å²) in [6, 6.07) is 5.48. The Morgan fingerprint density at radius 3 is 1.58 bits per heavy atom. The Morgan fingerprint density at radius 1 is 0.740 bits per heavy atom. The van der Waals surface area contributed by atoms with Crippen LogP contribution in [0.5, 0.6) is 0 Å². The van der Waals surface area contributed by atoms with E-state index in [0.29, 0.717) is 17.8 Å². The molecule has 2 amide bonds. The number of likely N-dealkylation sites (tertiary alicyclic amines) is 2. The molecule has 2 aliphatic heterocycles. The molecule has 4 aromatic rings. The van der Waals surface area contributed by atoms with Gasteiger partial charge in [-0.1, -0.05) is 11.6 Å². The molecule has 0 spiro atoms. The van der Waals surface area contributed by atoms with Crippen molar-refractivity contribution in [2.45, 2.75) is 45.2 Å². The lowest BCUT2D eigenvalue weighted by atomic mass is 10.1. The lowest BCUT2D eigenvalue weighted by molar-refractivity contribution is -0.143. The molecule has 268 valence electrons. The lowest BCUT2D eigenvalue weighted by Gasteiger charge is -2.17. The average Bonchev–Trinajstić information content (AvgIpc) is 3.72. The van der Waals surface area contributed by atoms with Gasteiger partial charge in [-0.3, -0.25) is 9.59 Å². The van der Waals surface area contributed by atoms with Crippen molar-refractivity contribution < 1.29 is 53.5 Å². The number of amides is 2. The Morgan fingerprint density at radius 2 is 1.16 bits per heavy atom. The summed E-state index contributed by atoms with van der Waals surface area (Å²) in [5, 5.41) is 7.77. The zero-order valence-corrected chi connectivity index (χ0v) is 26.2. The van der Waals surface area contributed by atoms with Crippen LogP contribution in [0, 0.1) is 18.8 Å². The molecule has 2 saturated heterocycles. The molecular weight excluding hydrogens is 718 g/mol. The van der Waals surface area contributed by atoms with Gasteiger partial charge in [0.05, 0.1) is 30.2 Å². The molecule has 2 atom stereocenters. The van der Waals surface area contributed by atoms with Gasteiger partial charge in [-0.15, -0.1) is 0 Å². The summed E-state index contributed by atoms with van der Waals surface area (Å²) in [4.78, 5) is 33.2. The number of aromatic nitrogens is 6. The van der Waals surface area contributed by atoms with Gasteiger partial charge in [0.2, 0.25) is 11.8 Å². The third-order valence-corrected chi connectivity index (χ3v) is 7.87. The van der Waals surface area contributed by atoms with E-state index in [-0.39, 0.29) is 53.8 Å². The molecule has 0 aliphatic carbocycles. The first-order valence-electron chi connectivity index (χ1n) is 14.4. The predicted octanol–water partition coefficient (Wildman–Crippen LogP) is 6.72. The molecule has 6 heterocycles. The minimum Gasteiger partial charge on any atom is -0.336 e. The molecule has 50 heavy (non-hydrogen) atoms. The van der Waals surface area contributed by atoms with Gasteiger partial charge < -0.3 is 9.80 Å². The van der Waals surface area contributed by atoms with Gasteiger partial charge in [-0.05, 0) is 43.3 Å². The number of halogens is 11. The topological polar surface area (TPSA) is 101 Å². The second kappa shape index (κ2) is 13.9. The molecule has 0 bridgehead atoms. The summed E-state index contributed by atoms with van der Waals surface area (Å²) in [6.45, 7) is 0.570. The summed E-state index contributed by atoms with van der Waals surface area (Å²) >= 11 is 5.73. The second-order valence-corrected chi connectivity index (χ2v) is 11.8. The van der Waals surface area contributed by atoms with Crippen molar-refractivity contribution in [1.29, 1.82) is 0 Å². The fourth-order valence-electron chi connectivity index (χ4n) is 5.62. The highest BCUT2D eigenvalue weighted by Gasteiger charge is 2.41. The zero-order chi connectivity index (χ0) is 36.7. The summed E-state index contributed by atoms with van der Waals surface area (Å²) < 4.78 is 131. The van der Waals surface area contributed by atoms with E-state index in [2.05, 4.69) is 20.2 Å². The molecular formula is C29H23ClF10N8O2. The van der Waals surface area contributed by atoms with E-state index < -0.39 is 72.6 Å². The molecule has 6 rings (SSSR count). The highest BCUT2D eigenvalue weighted by Crippen LogP contribution is 2.35. The molecule has 0 radical (unpaired) electrons. The number of nitrogens with zero attached hydrogens (tertiary/aromatic N) is 8. The molecule has 0 aromatic carbocycles. The quantitative estimate of drug-likeness (QED) is 0.204. The summed E-state index contributed by atoms with van der Waals surface area (Å²) in [5.74, 6) is -2.48. The van der Waals surface area contributed by atoms with Crippen molar-refractivity contribution in [2.24, 2.45) is 11.8 Å². The minimum atomic E-state index is -4.76. The zero-order valence-electron chi connectivity index (χ0n) is 25.4. The Balaban J connectivity index is 0.000000194. The maximum Gasteiger partial charge on any atom is 0.435 e. The number of hydrogen-bond donors (Lipinski definition) is 0. The van der Waals surface area contributed by atoms with Crippen molar-refractivity contribution in [1.82, 2.24) is 39.0 Å². The summed E-state index contributed by atoms with van der Waals surface area (Å²) in [5.41, 5.74) is -2.57. The van der Waals surface area contributed by atoms with Crippen LogP contribution in [-0.4, -0.2) is 63.9 Å². The molecule has 2 aliphatic rings. The average molecular weight is 741 g/mol. The normalized spacial score (nSPS) is 18.2. The maximum absolute atomic E-state index is 13.3. The highest BCUT2D eigenvalue weighted by atomic mass is 35.5. The van der Waals surface area contributed by atoms with Crippen molar-refractivity contribution >= 4 is 34.7 Å². The van der Waals surface area contributed by atoms with E-state index >= 15 is 0 Å². The van der Waals surface area contributed by atoms with Crippen molar-refractivity contribution in [3.8, 4) is 0 Å². The molecule has 2 unspecified atom stereocenters. The third-order valence-electron chi connectivity index (χ3n) is 7.67. The van der Waals surface area contributed by atoms with Crippen LogP contribution in [0.15, 0.2) is 48.6 Å². The first-order valence-corrected chi connectivity index (χ1v) is 14.8. The van der Waals surface area contributed by atoms with Crippen LogP contribution in [0.3, 0.4) is 0 Å². The van der Waals surface area contributed by atoms with E-state index in [9.17, 15) is 53.5 Å². The number of carbonyl (C=O) groups is 2. The van der Waals surface area contributed by atoms with E-state index in [0.717, 1.165) is 18.8 Å². The van der Waals surface area contributed by atoms with Crippen LogP contribution in [0.2, 0.25) is 5.15 Å². The standard InChI is InChI=1S/C15H13F5N4O.C14H10ClF5N4O/c1-8-2-3-12-21-14(15(18,19)20)10(24(12)22-8)7-23-6-9(4-11(16)17)5-13(23)25;15-9-1-2-11-21-13(14(18,19)20)8(24(11)22-9)6-23-5-7(3-10(16)17)4-12(23)25/h2-4,9H,5-7H2,1H3;1-3,7H,4-6H2. The monoisotopic (exact) mass is 740 g/mol. The van der Waals surface area contributed by atoms with Gasteiger partial charge in [-0.25, -0.2) is 19.0 Å². The summed E-state index contributed by atoms with van der Waals surface area (Å²) in [7, 11) is 0. The predicted molar refractivity (Wildman–Crippen MR) is 153 cm³/mol. The number of hydrogen-bond acceptors (Lipinski definition) is 6. The van der Waals surface area contributed by atoms with E-state index in [4.69, 9.17) is 11.6 Å². The van der Waals surface area contributed by atoms with Gasteiger partial charge in [0.25, 0.3) is 12.2 Å². The third kappa shape index (κ3) is 8.16. The Hall–Kier alpha value is -4.75. The number of aryl methyl sites for hydroxylation is 1. The van der Waals surface area contributed by atoms with Gasteiger partial charge in [0.1, 0.15) is 5.15 Å². The number of alkyl halides is 6. The van der Waals surface area contributed by atoms with Crippen LogP contribution in [0.1, 0.15) is 41.3 Å². The Labute approximate surface area is 279 Å². The second-order valence-electron chi connectivity index (χ2n) is 11.4. The number of carbonyl (C=O) groups excluding carboxylic acids is 2. The van der Waals surface area contributed by atoms with E-state index in [1.807, 2.05) is 0 Å². The van der Waals surface area contributed by atoms with Gasteiger partial charge in [0.15, 0.2) is 22.7 Å². The van der Waals surface area contributed by atoms with Gasteiger partial charge in [0, 0.05) is 37.8 Å². The summed E-state index contributed by atoms with van der Waals surface area (Å²) in [6.07, 6.45) is -12.4. The highest BCUT2D eigenvalue weighted by molar-refractivity contribution is 6.29. The fraction of sp³-hybridized carbons (Fsp3) is 0.379. The smallest absolute Gasteiger partial charge is 0.336 e. The molecule has 2 fully saturated rings. The first-order chi connectivity index (χ1) is 23.3. The molecule has 0 saturated carbocycles. The van der Waals surface area contributed by atoms with Crippen LogP contribution >= 0.6 is 11.6 Å². The molecule has 21 heteroatoms. The molecule has 10 nitrogen and oxygen atoms in total. The Bertz CT molecular complexity index is 1860. The molecule has 4 aromatic heterocycles. The van der Waals surface area contributed by atoms with Crippen molar-refractivity contribution in [3.63, 3.8) is 0 Å². The van der Waals surface area contributed by atoms with Crippen LogP contribution in [0.4, 0.5) is 43.9 Å². The van der Waals surface area contributed by atoms with Crippen LogP contribution in [-0.2, 0) is 35.0 Å². The van der Waals surface area contributed by atoms with Gasteiger partial charge >= 0.3 is 12.4 Å². The van der Waals surface area contributed by atoms with Crippen LogP contribution in [0.25, 0.3) is 11.3 Å². The SMILES string of the molecule is Cc1ccc2nc(C(F)(F)F)c(CN3CC(C=C(F)F)CC3=O)n2n1.O=C1CC(C=C(F)F)CN1Cc1c(C(F)(F)F)nc2ccc(Cl)nn12. The number of rotatable bonds is 6. The number of imidazole rings is 2. The Kier molecular flexibility index (Phi) is 10.1. The first kappa shape index (κ1) is 36.5.